The van der Waals surface area contributed by atoms with Gasteiger partial charge in [-0.3, -0.25) is 9.80 Å². The van der Waals surface area contributed by atoms with Crippen molar-refractivity contribution in [2.24, 2.45) is 11.3 Å². The molecule has 120 valence electrons. The molecule has 2 aliphatic heterocycles. The summed E-state index contributed by atoms with van der Waals surface area (Å²) in [6.07, 6.45) is 10.1. The van der Waals surface area contributed by atoms with Crippen LogP contribution in [0.1, 0.15) is 58.8 Å². The van der Waals surface area contributed by atoms with Gasteiger partial charge in [-0.1, -0.05) is 13.3 Å². The molecule has 3 fully saturated rings. The molecule has 0 bridgehead atoms. The van der Waals surface area contributed by atoms with E-state index in [1.54, 1.807) is 0 Å². The molecule has 3 nitrogen and oxygen atoms in total. The lowest BCUT2D eigenvalue weighted by Crippen LogP contribution is -2.60. The molecule has 3 rings (SSSR count). The minimum atomic E-state index is -0.0440. The quantitative estimate of drug-likeness (QED) is 0.747. The van der Waals surface area contributed by atoms with Crippen LogP contribution in [-0.4, -0.2) is 54.3 Å². The van der Waals surface area contributed by atoms with Crippen LogP contribution in [0.2, 0.25) is 0 Å². The Hall–Kier alpha value is -0.410. The molecule has 2 unspecified atom stereocenters. The smallest absolute Gasteiger partial charge is 0.127 e. The second-order valence-corrected chi connectivity index (χ2v) is 8.09. The monoisotopic (exact) mass is 292 g/mol. The zero-order chi connectivity index (χ0) is 14.9. The van der Waals surface area contributed by atoms with Crippen LogP contribution in [0.15, 0.2) is 0 Å². The molecular formula is C18H32N2O. The van der Waals surface area contributed by atoms with E-state index in [0.29, 0.717) is 6.04 Å². The predicted molar refractivity (Wildman–Crippen MR) is 86.4 cm³/mol. The average molecular weight is 292 g/mol. The van der Waals surface area contributed by atoms with Gasteiger partial charge >= 0.3 is 0 Å². The summed E-state index contributed by atoms with van der Waals surface area (Å²) in [6.45, 7) is 9.38. The minimum Gasteiger partial charge on any atom is -0.303 e. The van der Waals surface area contributed by atoms with Crippen molar-refractivity contribution >= 4 is 6.29 Å². The van der Waals surface area contributed by atoms with Crippen molar-refractivity contribution in [2.75, 3.05) is 26.2 Å². The summed E-state index contributed by atoms with van der Waals surface area (Å²) >= 11 is 0. The van der Waals surface area contributed by atoms with Crippen LogP contribution in [0.5, 0.6) is 0 Å². The summed E-state index contributed by atoms with van der Waals surface area (Å²) in [5, 5.41) is 0. The molecule has 0 aromatic heterocycles. The first kappa shape index (κ1) is 15.5. The molecule has 0 N–H and O–H groups in total. The van der Waals surface area contributed by atoms with Crippen molar-refractivity contribution in [1.29, 1.82) is 0 Å². The van der Waals surface area contributed by atoms with Crippen LogP contribution in [0, 0.1) is 11.3 Å². The van der Waals surface area contributed by atoms with E-state index < -0.39 is 0 Å². The van der Waals surface area contributed by atoms with Gasteiger partial charge in [0, 0.05) is 37.1 Å². The molecule has 1 aliphatic carbocycles. The summed E-state index contributed by atoms with van der Waals surface area (Å²) in [7, 11) is 0. The Morgan fingerprint density at radius 2 is 1.86 bits per heavy atom. The number of piperidine rings is 1. The van der Waals surface area contributed by atoms with Crippen molar-refractivity contribution < 1.29 is 4.79 Å². The maximum absolute atomic E-state index is 11.8. The fourth-order valence-corrected chi connectivity index (χ4v) is 4.69. The zero-order valence-electron chi connectivity index (χ0n) is 13.9. The summed E-state index contributed by atoms with van der Waals surface area (Å²) in [4.78, 5) is 17.1. The van der Waals surface area contributed by atoms with Crippen molar-refractivity contribution in [3.05, 3.63) is 0 Å². The van der Waals surface area contributed by atoms with Crippen LogP contribution >= 0.6 is 0 Å². The summed E-state index contributed by atoms with van der Waals surface area (Å²) in [5.74, 6) is 0.811. The van der Waals surface area contributed by atoms with Gasteiger partial charge in [-0.2, -0.15) is 0 Å². The number of carbonyl (C=O) groups is 1. The first-order valence-electron chi connectivity index (χ1n) is 9.06. The fraction of sp³-hybridized carbons (Fsp3) is 0.944. The number of piperazine rings is 1. The van der Waals surface area contributed by atoms with E-state index in [-0.39, 0.29) is 5.41 Å². The van der Waals surface area contributed by atoms with E-state index in [9.17, 15) is 4.79 Å². The van der Waals surface area contributed by atoms with Gasteiger partial charge < -0.3 is 4.79 Å². The molecule has 2 heterocycles. The first-order chi connectivity index (χ1) is 10.1. The molecule has 3 aliphatic rings. The molecule has 0 aromatic rings. The predicted octanol–water partition coefficient (Wildman–Crippen LogP) is 2.94. The minimum absolute atomic E-state index is 0.0440. The Kier molecular flexibility index (Phi) is 4.70. The van der Waals surface area contributed by atoms with Gasteiger partial charge in [0.1, 0.15) is 6.29 Å². The maximum atomic E-state index is 11.8. The van der Waals surface area contributed by atoms with E-state index in [4.69, 9.17) is 0 Å². The Morgan fingerprint density at radius 3 is 2.57 bits per heavy atom. The van der Waals surface area contributed by atoms with E-state index >= 15 is 0 Å². The SMILES string of the molecule is CC1CCC(C=O)(CN2CC3CCCCN3CC2C)CC1. The standard InChI is InChI=1S/C18H32N2O/c1-15-6-8-18(14-21,9-7-15)13-20-12-17-5-3-4-10-19(17)11-16(20)2/h14-17H,3-13H2,1-2H3. The number of nitrogens with zero attached hydrogens (tertiary/aromatic N) is 2. The summed E-state index contributed by atoms with van der Waals surface area (Å²) in [6, 6.07) is 1.36. The van der Waals surface area contributed by atoms with Crippen LogP contribution < -0.4 is 0 Å². The van der Waals surface area contributed by atoms with E-state index in [1.807, 2.05) is 0 Å². The second kappa shape index (κ2) is 6.37. The topological polar surface area (TPSA) is 23.6 Å². The largest absolute Gasteiger partial charge is 0.303 e. The highest BCUT2D eigenvalue weighted by Crippen LogP contribution is 2.39. The van der Waals surface area contributed by atoms with Gasteiger partial charge in [-0.25, -0.2) is 0 Å². The highest BCUT2D eigenvalue weighted by molar-refractivity contribution is 5.60. The van der Waals surface area contributed by atoms with Gasteiger partial charge in [0.15, 0.2) is 0 Å². The Labute approximate surface area is 130 Å². The maximum Gasteiger partial charge on any atom is 0.127 e. The van der Waals surface area contributed by atoms with E-state index in [0.717, 1.165) is 31.3 Å². The molecular weight excluding hydrogens is 260 g/mol. The Morgan fingerprint density at radius 1 is 1.10 bits per heavy atom. The molecule has 0 amide bonds. The first-order valence-corrected chi connectivity index (χ1v) is 9.06. The zero-order valence-corrected chi connectivity index (χ0v) is 13.9. The van der Waals surface area contributed by atoms with Crippen LogP contribution in [0.4, 0.5) is 0 Å². The number of rotatable bonds is 3. The number of hydrogen-bond donors (Lipinski definition) is 0. The number of carbonyl (C=O) groups excluding carboxylic acids is 1. The highest BCUT2D eigenvalue weighted by atomic mass is 16.1. The van der Waals surface area contributed by atoms with Gasteiger partial charge in [-0.15, -0.1) is 0 Å². The molecule has 2 saturated heterocycles. The van der Waals surface area contributed by atoms with Gasteiger partial charge in [0.2, 0.25) is 0 Å². The molecule has 3 heteroatoms. The van der Waals surface area contributed by atoms with Crippen LogP contribution in [0.3, 0.4) is 0 Å². The summed E-state index contributed by atoms with van der Waals surface area (Å²) < 4.78 is 0. The Bertz CT molecular complexity index is 362. The molecule has 21 heavy (non-hydrogen) atoms. The number of fused-ring (bicyclic) bond motifs is 1. The van der Waals surface area contributed by atoms with Crippen molar-refractivity contribution in [2.45, 2.75) is 70.9 Å². The molecule has 0 spiro atoms. The fourth-order valence-electron chi connectivity index (χ4n) is 4.69. The molecule has 0 aromatic carbocycles. The third-order valence-corrected chi connectivity index (χ3v) is 6.35. The van der Waals surface area contributed by atoms with Gasteiger partial charge in [0.05, 0.1) is 0 Å². The molecule has 2 atom stereocenters. The second-order valence-electron chi connectivity index (χ2n) is 8.09. The highest BCUT2D eigenvalue weighted by Gasteiger charge is 2.40. The molecule has 1 saturated carbocycles. The normalized spacial score (nSPS) is 42.5. The lowest BCUT2D eigenvalue weighted by Gasteiger charge is -2.50. The molecule has 0 radical (unpaired) electrons. The average Bonchev–Trinajstić information content (AvgIpc) is 2.50. The lowest BCUT2D eigenvalue weighted by molar-refractivity contribution is -0.121. The van der Waals surface area contributed by atoms with Crippen molar-refractivity contribution in [3.8, 4) is 0 Å². The third-order valence-electron chi connectivity index (χ3n) is 6.35. The summed E-state index contributed by atoms with van der Waals surface area (Å²) in [5.41, 5.74) is -0.0440. The van der Waals surface area contributed by atoms with E-state index in [1.165, 1.54) is 58.0 Å². The number of aldehydes is 1. The Balaban J connectivity index is 1.64. The van der Waals surface area contributed by atoms with Crippen LogP contribution in [-0.2, 0) is 4.79 Å². The van der Waals surface area contributed by atoms with Gasteiger partial charge in [0.25, 0.3) is 0 Å². The van der Waals surface area contributed by atoms with Crippen molar-refractivity contribution in [3.63, 3.8) is 0 Å². The van der Waals surface area contributed by atoms with Gasteiger partial charge in [-0.05, 0) is 57.9 Å². The third kappa shape index (κ3) is 3.34. The van der Waals surface area contributed by atoms with Crippen molar-refractivity contribution in [1.82, 2.24) is 9.80 Å². The van der Waals surface area contributed by atoms with E-state index in [2.05, 4.69) is 23.6 Å². The number of hydrogen-bond acceptors (Lipinski definition) is 3. The van der Waals surface area contributed by atoms with Crippen LogP contribution in [0.25, 0.3) is 0 Å². The lowest BCUT2D eigenvalue weighted by atomic mass is 9.71.